The van der Waals surface area contributed by atoms with Crippen molar-refractivity contribution in [2.45, 2.75) is 20.3 Å². The lowest BCUT2D eigenvalue weighted by Gasteiger charge is -2.23. The number of hydrogen-bond donors (Lipinski definition) is 1. The number of benzene rings is 2. The number of carbonyl (C=O) groups excluding carboxylic acids is 3. The Bertz CT molecular complexity index is 850. The molecule has 2 rings (SSSR count). The number of amides is 2. The van der Waals surface area contributed by atoms with E-state index in [4.69, 9.17) is 16.3 Å². The maximum Gasteiger partial charge on any atom is 0.226 e. The lowest BCUT2D eigenvalue weighted by atomic mass is 10.1. The van der Waals surface area contributed by atoms with Crippen LogP contribution in [0.1, 0.15) is 30.6 Å². The fraction of sp³-hybridized carbons (Fsp3) is 0.250. The van der Waals surface area contributed by atoms with Crippen LogP contribution in [0.15, 0.2) is 42.5 Å². The van der Waals surface area contributed by atoms with Gasteiger partial charge in [-0.25, -0.2) is 0 Å². The van der Waals surface area contributed by atoms with Crippen molar-refractivity contribution in [1.29, 1.82) is 0 Å². The predicted molar refractivity (Wildman–Crippen MR) is 106 cm³/mol. The van der Waals surface area contributed by atoms with Crippen LogP contribution in [0, 0.1) is 0 Å². The normalized spacial score (nSPS) is 10.2. The molecular weight excluding hydrogens is 368 g/mol. The molecule has 0 radical (unpaired) electrons. The molecule has 0 spiro atoms. The first kappa shape index (κ1) is 20.5. The maximum absolute atomic E-state index is 12.2. The minimum atomic E-state index is -0.252. The minimum absolute atomic E-state index is 0.0413. The Morgan fingerprint density at radius 1 is 1.07 bits per heavy atom. The third-order valence-corrected chi connectivity index (χ3v) is 4.18. The molecule has 0 bridgehead atoms. The monoisotopic (exact) mass is 388 g/mol. The van der Waals surface area contributed by atoms with Crippen molar-refractivity contribution in [2.24, 2.45) is 0 Å². The predicted octanol–water partition coefficient (Wildman–Crippen LogP) is 3.93. The summed E-state index contributed by atoms with van der Waals surface area (Å²) in [5.74, 6) is -0.0257. The van der Waals surface area contributed by atoms with E-state index in [2.05, 4.69) is 5.32 Å². The third-order valence-electron chi connectivity index (χ3n) is 3.95. The largest absolute Gasteiger partial charge is 0.495 e. The number of ether oxygens (including phenoxy) is 1. The van der Waals surface area contributed by atoms with Gasteiger partial charge < -0.3 is 15.0 Å². The summed E-state index contributed by atoms with van der Waals surface area (Å²) in [7, 11) is 1.50. The quantitative estimate of drug-likeness (QED) is 0.729. The van der Waals surface area contributed by atoms with Crippen molar-refractivity contribution in [3.05, 3.63) is 53.1 Å². The van der Waals surface area contributed by atoms with Crippen LogP contribution in [0.25, 0.3) is 0 Å². The molecule has 0 saturated heterocycles. The molecule has 0 unspecified atom stereocenters. The summed E-state index contributed by atoms with van der Waals surface area (Å²) < 4.78 is 5.28. The van der Waals surface area contributed by atoms with E-state index in [1.54, 1.807) is 42.5 Å². The molecule has 0 atom stereocenters. The highest BCUT2D eigenvalue weighted by molar-refractivity contribution is 6.31. The first-order chi connectivity index (χ1) is 12.8. The first-order valence-electron chi connectivity index (χ1n) is 8.34. The smallest absolute Gasteiger partial charge is 0.226 e. The summed E-state index contributed by atoms with van der Waals surface area (Å²) >= 11 is 6.03. The number of anilines is 2. The molecule has 2 aromatic rings. The SMILES string of the molecule is COc1ccc(Cl)cc1N(CCC(=O)Nc1ccc(C(C)=O)cc1)C(C)=O. The molecule has 0 aliphatic carbocycles. The Morgan fingerprint density at radius 2 is 1.74 bits per heavy atom. The molecule has 0 aliphatic rings. The van der Waals surface area contributed by atoms with E-state index in [1.165, 1.54) is 25.9 Å². The van der Waals surface area contributed by atoms with Gasteiger partial charge in [0.2, 0.25) is 11.8 Å². The minimum Gasteiger partial charge on any atom is -0.495 e. The molecule has 2 amide bonds. The molecule has 1 N–H and O–H groups in total. The number of rotatable bonds is 7. The Balaban J connectivity index is 2.05. The van der Waals surface area contributed by atoms with E-state index in [0.717, 1.165) is 0 Å². The van der Waals surface area contributed by atoms with E-state index in [9.17, 15) is 14.4 Å². The number of ketones is 1. The summed E-state index contributed by atoms with van der Waals surface area (Å²) in [6.45, 7) is 3.07. The molecule has 0 heterocycles. The second-order valence-electron chi connectivity index (χ2n) is 5.92. The molecule has 0 fully saturated rings. The Labute approximate surface area is 163 Å². The zero-order chi connectivity index (χ0) is 20.0. The molecule has 0 aliphatic heterocycles. The molecule has 0 saturated carbocycles. The van der Waals surface area contributed by atoms with Crippen LogP contribution in [0.5, 0.6) is 5.75 Å². The number of hydrogen-bond acceptors (Lipinski definition) is 4. The standard InChI is InChI=1S/C20H21ClN2O4/c1-13(24)15-4-7-17(8-5-15)22-20(26)10-11-23(14(2)25)18-12-16(21)6-9-19(18)27-3/h4-9,12H,10-11H2,1-3H3,(H,22,26). The molecule has 142 valence electrons. The molecule has 7 heteroatoms. The van der Waals surface area contributed by atoms with Crippen LogP contribution in [0.4, 0.5) is 11.4 Å². The van der Waals surface area contributed by atoms with Gasteiger partial charge in [0, 0.05) is 36.2 Å². The number of halogens is 1. The van der Waals surface area contributed by atoms with Crippen molar-refractivity contribution in [2.75, 3.05) is 23.9 Å². The van der Waals surface area contributed by atoms with Gasteiger partial charge in [-0.2, -0.15) is 0 Å². The molecular formula is C20H21ClN2O4. The second kappa shape index (κ2) is 9.19. The van der Waals surface area contributed by atoms with Gasteiger partial charge in [-0.3, -0.25) is 14.4 Å². The summed E-state index contributed by atoms with van der Waals surface area (Å²) in [5, 5.41) is 3.21. The van der Waals surface area contributed by atoms with E-state index >= 15 is 0 Å². The van der Waals surface area contributed by atoms with Crippen LogP contribution in [-0.4, -0.2) is 31.3 Å². The van der Waals surface area contributed by atoms with Crippen molar-refractivity contribution >= 4 is 40.6 Å². The Morgan fingerprint density at radius 3 is 2.30 bits per heavy atom. The van der Waals surface area contributed by atoms with Crippen molar-refractivity contribution < 1.29 is 19.1 Å². The van der Waals surface area contributed by atoms with Gasteiger partial charge >= 0.3 is 0 Å². The van der Waals surface area contributed by atoms with E-state index in [1.807, 2.05) is 0 Å². The molecule has 0 aromatic heterocycles. The molecule has 2 aromatic carbocycles. The van der Waals surface area contributed by atoms with Crippen LogP contribution in [0.3, 0.4) is 0 Å². The highest BCUT2D eigenvalue weighted by Crippen LogP contribution is 2.31. The lowest BCUT2D eigenvalue weighted by molar-refractivity contribution is -0.117. The summed E-state index contributed by atoms with van der Waals surface area (Å²) in [6.07, 6.45) is 0.0870. The zero-order valence-electron chi connectivity index (χ0n) is 15.4. The Kier molecular flexibility index (Phi) is 6.96. The van der Waals surface area contributed by atoms with Crippen molar-refractivity contribution in [3.63, 3.8) is 0 Å². The fourth-order valence-corrected chi connectivity index (χ4v) is 2.71. The average Bonchev–Trinajstić information content (AvgIpc) is 2.62. The van der Waals surface area contributed by atoms with Gasteiger partial charge in [0.25, 0.3) is 0 Å². The van der Waals surface area contributed by atoms with Gasteiger partial charge in [-0.05, 0) is 49.4 Å². The molecule has 27 heavy (non-hydrogen) atoms. The van der Waals surface area contributed by atoms with E-state index < -0.39 is 0 Å². The summed E-state index contributed by atoms with van der Waals surface area (Å²) in [5.41, 5.74) is 1.67. The highest BCUT2D eigenvalue weighted by atomic mass is 35.5. The van der Waals surface area contributed by atoms with E-state index in [-0.39, 0.29) is 30.6 Å². The van der Waals surface area contributed by atoms with Gasteiger partial charge in [-0.15, -0.1) is 0 Å². The van der Waals surface area contributed by atoms with Gasteiger partial charge in [0.05, 0.1) is 12.8 Å². The van der Waals surface area contributed by atoms with Gasteiger partial charge in [0.1, 0.15) is 5.75 Å². The fourth-order valence-electron chi connectivity index (χ4n) is 2.55. The molecule has 6 nitrogen and oxygen atoms in total. The first-order valence-corrected chi connectivity index (χ1v) is 8.72. The number of nitrogens with zero attached hydrogens (tertiary/aromatic N) is 1. The topological polar surface area (TPSA) is 75.7 Å². The number of Topliss-reactive ketones (excluding diaryl/α,β-unsaturated/α-hetero) is 1. The van der Waals surface area contributed by atoms with Crippen LogP contribution in [0.2, 0.25) is 5.02 Å². The zero-order valence-corrected chi connectivity index (χ0v) is 16.2. The Hall–Kier alpha value is -2.86. The maximum atomic E-state index is 12.2. The van der Waals surface area contributed by atoms with Crippen LogP contribution >= 0.6 is 11.6 Å². The van der Waals surface area contributed by atoms with Crippen LogP contribution < -0.4 is 15.0 Å². The number of methoxy groups -OCH3 is 1. The average molecular weight is 389 g/mol. The van der Waals surface area contributed by atoms with Crippen molar-refractivity contribution in [1.82, 2.24) is 0 Å². The lowest BCUT2D eigenvalue weighted by Crippen LogP contribution is -2.32. The van der Waals surface area contributed by atoms with Gasteiger partial charge in [0.15, 0.2) is 5.78 Å². The van der Waals surface area contributed by atoms with Crippen LogP contribution in [-0.2, 0) is 9.59 Å². The van der Waals surface area contributed by atoms with Gasteiger partial charge in [-0.1, -0.05) is 11.6 Å². The number of carbonyl (C=O) groups is 3. The second-order valence-corrected chi connectivity index (χ2v) is 6.35. The summed E-state index contributed by atoms with van der Waals surface area (Å²) in [4.78, 5) is 37.0. The third kappa shape index (κ3) is 5.56. The summed E-state index contributed by atoms with van der Waals surface area (Å²) in [6, 6.07) is 11.6. The number of nitrogens with one attached hydrogen (secondary N) is 1. The van der Waals surface area contributed by atoms with Crippen molar-refractivity contribution in [3.8, 4) is 5.75 Å². The highest BCUT2D eigenvalue weighted by Gasteiger charge is 2.18. The van der Waals surface area contributed by atoms with E-state index in [0.29, 0.717) is 27.7 Å².